The zero-order chi connectivity index (χ0) is 29.5. The van der Waals surface area contributed by atoms with Crippen molar-refractivity contribution in [3.63, 3.8) is 0 Å². The van der Waals surface area contributed by atoms with Crippen molar-refractivity contribution < 1.29 is 4.79 Å². The van der Waals surface area contributed by atoms with Gasteiger partial charge in [0, 0.05) is 46.6 Å². The lowest BCUT2D eigenvalue weighted by Crippen LogP contribution is -2.41. The van der Waals surface area contributed by atoms with Crippen molar-refractivity contribution in [3.8, 4) is 5.82 Å². The molecule has 0 saturated heterocycles. The molecule has 5 rings (SSSR count). The molecule has 1 atom stereocenters. The Morgan fingerprint density at radius 1 is 1.00 bits per heavy atom. The van der Waals surface area contributed by atoms with Gasteiger partial charge in [0.05, 0.1) is 0 Å². The molecule has 1 fully saturated rings. The van der Waals surface area contributed by atoms with Crippen LogP contribution in [0.5, 0.6) is 0 Å². The number of benzene rings is 2. The number of nitrogens with zero attached hydrogens (tertiary/aromatic N) is 4. The predicted molar refractivity (Wildman–Crippen MR) is 170 cm³/mol. The summed E-state index contributed by atoms with van der Waals surface area (Å²) in [6, 6.07) is 14.3. The number of nitrogens with one attached hydrogen (secondary N) is 3. The number of hydrogen-bond donors (Lipinski definition) is 3. The van der Waals surface area contributed by atoms with Crippen molar-refractivity contribution in [1.29, 1.82) is 0 Å². The van der Waals surface area contributed by atoms with Crippen molar-refractivity contribution in [3.05, 3.63) is 92.9 Å². The first-order chi connectivity index (χ1) is 20.3. The van der Waals surface area contributed by atoms with Gasteiger partial charge in [0.25, 0.3) is 0 Å². The minimum absolute atomic E-state index is 0.112. The van der Waals surface area contributed by atoms with Crippen LogP contribution in [-0.2, 0) is 17.9 Å². The maximum absolute atomic E-state index is 13.6. The third-order valence-electron chi connectivity index (χ3n) is 7.53. The summed E-state index contributed by atoms with van der Waals surface area (Å²) in [4.78, 5) is 27.5. The molecular formula is C31H34Cl3N7O. The maximum atomic E-state index is 13.6. The predicted octanol–water partition coefficient (Wildman–Crippen LogP) is 7.61. The van der Waals surface area contributed by atoms with Gasteiger partial charge < -0.3 is 16.0 Å². The van der Waals surface area contributed by atoms with Gasteiger partial charge in [-0.1, -0.05) is 85.1 Å². The van der Waals surface area contributed by atoms with Crippen molar-refractivity contribution >= 4 is 52.5 Å². The first-order valence-corrected chi connectivity index (χ1v) is 15.3. The fraction of sp³-hybridized carbons (Fsp3) is 0.355. The van der Waals surface area contributed by atoms with Gasteiger partial charge in [0.1, 0.15) is 23.5 Å². The molecule has 3 N–H and O–H groups in total. The van der Waals surface area contributed by atoms with Gasteiger partial charge in [-0.15, -0.1) is 0 Å². The van der Waals surface area contributed by atoms with Crippen LogP contribution in [0.2, 0.25) is 15.1 Å². The quantitative estimate of drug-likeness (QED) is 0.159. The number of aryl methyl sites for hydroxylation is 1. The molecule has 4 aromatic rings. The largest absolute Gasteiger partial charge is 0.358 e. The number of aromatic nitrogens is 4. The lowest BCUT2D eigenvalue weighted by atomic mass is 9.84. The fourth-order valence-corrected chi connectivity index (χ4v) is 5.98. The minimum Gasteiger partial charge on any atom is -0.358 e. The van der Waals surface area contributed by atoms with Crippen molar-refractivity contribution in [1.82, 2.24) is 24.8 Å². The molecule has 1 saturated carbocycles. The maximum Gasteiger partial charge on any atom is 0.242 e. The van der Waals surface area contributed by atoms with E-state index < -0.39 is 6.04 Å². The molecule has 2 heterocycles. The average Bonchev–Trinajstić information content (AvgIpc) is 3.41. The van der Waals surface area contributed by atoms with E-state index in [0.717, 1.165) is 29.8 Å². The lowest BCUT2D eigenvalue weighted by molar-refractivity contribution is -0.122. The van der Waals surface area contributed by atoms with Gasteiger partial charge in [0.15, 0.2) is 0 Å². The van der Waals surface area contributed by atoms with E-state index in [0.29, 0.717) is 58.1 Å². The summed E-state index contributed by atoms with van der Waals surface area (Å²) in [6.07, 6.45) is 10.1. The molecule has 0 bridgehead atoms. The smallest absolute Gasteiger partial charge is 0.242 e. The van der Waals surface area contributed by atoms with Crippen LogP contribution in [0.1, 0.15) is 55.5 Å². The van der Waals surface area contributed by atoms with Crippen molar-refractivity contribution in [2.24, 2.45) is 5.92 Å². The summed E-state index contributed by atoms with van der Waals surface area (Å²) in [7, 11) is 0. The topological polar surface area (TPSA) is 96.8 Å². The zero-order valence-corrected chi connectivity index (χ0v) is 25.7. The first-order valence-electron chi connectivity index (χ1n) is 14.2. The summed E-state index contributed by atoms with van der Waals surface area (Å²) >= 11 is 18.6. The van der Waals surface area contributed by atoms with Crippen LogP contribution in [0.4, 0.5) is 11.8 Å². The number of rotatable bonds is 11. The Labute approximate surface area is 261 Å². The molecule has 220 valence electrons. The summed E-state index contributed by atoms with van der Waals surface area (Å²) in [5, 5.41) is 11.6. The van der Waals surface area contributed by atoms with Crippen LogP contribution in [0.25, 0.3) is 5.82 Å². The Morgan fingerprint density at radius 2 is 1.81 bits per heavy atom. The molecule has 8 nitrogen and oxygen atoms in total. The van der Waals surface area contributed by atoms with Gasteiger partial charge in [0.2, 0.25) is 11.9 Å². The average molecular weight is 627 g/mol. The second kappa shape index (κ2) is 14.2. The Bertz CT molecular complexity index is 1520. The van der Waals surface area contributed by atoms with Gasteiger partial charge >= 0.3 is 0 Å². The molecule has 0 spiro atoms. The highest BCUT2D eigenvalue weighted by Gasteiger charge is 2.25. The number of halogens is 3. The highest BCUT2D eigenvalue weighted by molar-refractivity contribution is 6.35. The normalized spacial score (nSPS) is 14.4. The monoisotopic (exact) mass is 625 g/mol. The van der Waals surface area contributed by atoms with Crippen LogP contribution in [0.3, 0.4) is 0 Å². The molecule has 0 radical (unpaired) electrons. The summed E-state index contributed by atoms with van der Waals surface area (Å²) in [5.74, 6) is 2.74. The van der Waals surface area contributed by atoms with Crippen LogP contribution in [0.15, 0.2) is 60.9 Å². The lowest BCUT2D eigenvalue weighted by Gasteiger charge is -2.27. The molecule has 0 unspecified atom stereocenters. The third kappa shape index (κ3) is 8.15. The molecule has 1 aliphatic rings. The van der Waals surface area contributed by atoms with Crippen LogP contribution in [-0.4, -0.2) is 31.5 Å². The zero-order valence-electron chi connectivity index (χ0n) is 23.4. The van der Waals surface area contributed by atoms with Gasteiger partial charge in [-0.25, -0.2) is 4.98 Å². The Morgan fingerprint density at radius 3 is 2.55 bits per heavy atom. The van der Waals surface area contributed by atoms with E-state index in [4.69, 9.17) is 44.8 Å². The highest BCUT2D eigenvalue weighted by Crippen LogP contribution is 2.29. The van der Waals surface area contributed by atoms with E-state index in [1.54, 1.807) is 18.3 Å². The van der Waals surface area contributed by atoms with E-state index in [-0.39, 0.29) is 5.91 Å². The van der Waals surface area contributed by atoms with E-state index in [1.807, 2.05) is 54.1 Å². The number of hydrogen-bond acceptors (Lipinski definition) is 6. The van der Waals surface area contributed by atoms with E-state index in [9.17, 15) is 4.79 Å². The number of anilines is 2. The Kier molecular flexibility index (Phi) is 10.2. The number of amides is 1. The van der Waals surface area contributed by atoms with E-state index in [2.05, 4.69) is 20.9 Å². The molecule has 1 amide bonds. The molecule has 11 heteroatoms. The molecule has 0 aliphatic heterocycles. The Hall–Kier alpha value is -3.33. The van der Waals surface area contributed by atoms with Crippen LogP contribution >= 0.6 is 34.8 Å². The SMILES string of the molecule is Cc1nccn1-c1cc(N[C@H](CC2CCCCC2)C(=O)NCc2ccc(Cl)cc2Cl)nc(NCc2cccc(Cl)c2)n1. The van der Waals surface area contributed by atoms with Gasteiger partial charge in [-0.3, -0.25) is 9.36 Å². The van der Waals surface area contributed by atoms with Crippen LogP contribution in [0, 0.1) is 12.8 Å². The number of carbonyl (C=O) groups is 1. The molecule has 2 aromatic heterocycles. The molecule has 2 aromatic carbocycles. The number of imidazole rings is 1. The van der Waals surface area contributed by atoms with Crippen molar-refractivity contribution in [2.45, 2.75) is 64.6 Å². The van der Waals surface area contributed by atoms with Gasteiger partial charge in [-0.05, 0) is 54.7 Å². The standard InChI is InChI=1S/C31H34Cl3N7O/c1-20-35-12-13-41(20)29-17-28(39-31(40-29)37-18-22-8-5-9-24(32)14-22)38-27(15-21-6-3-2-4-7-21)30(42)36-19-23-10-11-25(33)16-26(23)34/h5,8-14,16-17,21,27H,2-4,6-7,15,18-19H2,1H3,(H,36,42)(H2,37,38,39,40)/t27-/m1/s1. The van der Waals surface area contributed by atoms with Gasteiger partial charge in [-0.2, -0.15) is 9.97 Å². The molecular weight excluding hydrogens is 593 g/mol. The summed E-state index contributed by atoms with van der Waals surface area (Å²) in [6.45, 7) is 2.70. The Balaban J connectivity index is 1.39. The van der Waals surface area contributed by atoms with E-state index >= 15 is 0 Å². The van der Waals surface area contributed by atoms with E-state index in [1.165, 1.54) is 19.3 Å². The second-order valence-corrected chi connectivity index (χ2v) is 11.9. The summed E-state index contributed by atoms with van der Waals surface area (Å²) < 4.78 is 1.89. The highest BCUT2D eigenvalue weighted by atomic mass is 35.5. The number of carbonyl (C=O) groups excluding carboxylic acids is 1. The summed E-state index contributed by atoms with van der Waals surface area (Å²) in [5.41, 5.74) is 1.80. The first kappa shape index (κ1) is 30.1. The van der Waals surface area contributed by atoms with Crippen molar-refractivity contribution in [2.75, 3.05) is 10.6 Å². The fourth-order valence-electron chi connectivity index (χ4n) is 5.30. The minimum atomic E-state index is -0.494. The third-order valence-corrected chi connectivity index (χ3v) is 8.35. The molecule has 1 aliphatic carbocycles. The second-order valence-electron chi connectivity index (χ2n) is 10.7. The van der Waals surface area contributed by atoms with Crippen LogP contribution < -0.4 is 16.0 Å². The molecule has 42 heavy (non-hydrogen) atoms.